The fraction of sp³-hybridized carbons (Fsp3) is 0.300. The zero-order chi connectivity index (χ0) is 20.7. The summed E-state index contributed by atoms with van der Waals surface area (Å²) in [6, 6.07) is 11.3. The summed E-state index contributed by atoms with van der Waals surface area (Å²) in [7, 11) is 1.53. The number of anilines is 1. The predicted octanol–water partition coefficient (Wildman–Crippen LogP) is 3.69. The molecule has 0 aliphatic rings. The Morgan fingerprint density at radius 2 is 1.50 bits per heavy atom. The third-order valence-corrected chi connectivity index (χ3v) is 3.93. The number of amides is 2. The molecule has 2 aromatic carbocycles. The largest absolute Gasteiger partial charge is 0.497 e. The molecule has 2 N–H and O–H groups in total. The number of hydrogen-bond donors (Lipinski definition) is 2. The van der Waals surface area contributed by atoms with Gasteiger partial charge in [-0.3, -0.25) is 9.59 Å². The topological polar surface area (TPSA) is 76.7 Å². The summed E-state index contributed by atoms with van der Waals surface area (Å²) in [5, 5.41) is 5.37. The van der Waals surface area contributed by atoms with Crippen molar-refractivity contribution in [2.45, 2.75) is 26.5 Å². The number of carbonyl (C=O) groups excluding carboxylic acids is 2. The minimum absolute atomic E-state index is 0.0128. The van der Waals surface area contributed by atoms with E-state index in [1.807, 2.05) is 0 Å². The van der Waals surface area contributed by atoms with Crippen LogP contribution in [0.1, 0.15) is 24.2 Å². The molecule has 1 unspecified atom stereocenters. The summed E-state index contributed by atoms with van der Waals surface area (Å²) in [5.74, 6) is -0.379. The molecule has 0 fully saturated rings. The number of carbonyl (C=O) groups is 2. The van der Waals surface area contributed by atoms with Gasteiger partial charge in [0.25, 0.3) is 5.91 Å². The molecule has 0 aromatic heterocycles. The molecule has 0 saturated carbocycles. The highest BCUT2D eigenvalue weighted by atomic mass is 19.3. The molecule has 2 aromatic rings. The number of halogens is 2. The Kier molecular flexibility index (Phi) is 7.31. The van der Waals surface area contributed by atoms with Crippen molar-refractivity contribution >= 4 is 17.5 Å². The SMILES string of the molecule is COc1ccc(C(=O)NC(C(=O)Nc2ccc(OC(F)F)cc2)C(C)C)cc1. The Balaban J connectivity index is 2.03. The van der Waals surface area contributed by atoms with Gasteiger partial charge in [0.1, 0.15) is 17.5 Å². The van der Waals surface area contributed by atoms with Crippen LogP contribution < -0.4 is 20.1 Å². The standard InChI is InChI=1S/C20H22F2N2O4/c1-12(2)17(24-18(25)13-4-8-15(27-3)9-5-13)19(26)23-14-6-10-16(11-7-14)28-20(21)22/h4-12,17,20H,1-3H3,(H,23,26)(H,24,25). The van der Waals surface area contributed by atoms with Crippen LogP contribution in [0.3, 0.4) is 0 Å². The van der Waals surface area contributed by atoms with Gasteiger partial charge in [0.2, 0.25) is 5.91 Å². The van der Waals surface area contributed by atoms with Crippen molar-refractivity contribution in [2.75, 3.05) is 12.4 Å². The zero-order valence-corrected chi connectivity index (χ0v) is 15.7. The van der Waals surface area contributed by atoms with E-state index in [2.05, 4.69) is 15.4 Å². The number of ether oxygens (including phenoxy) is 2. The molecule has 0 spiro atoms. The average Bonchev–Trinajstić information content (AvgIpc) is 2.66. The molecule has 0 saturated heterocycles. The fourth-order valence-electron chi connectivity index (χ4n) is 2.44. The lowest BCUT2D eigenvalue weighted by Crippen LogP contribution is -2.47. The van der Waals surface area contributed by atoms with Gasteiger partial charge in [0, 0.05) is 11.3 Å². The molecule has 28 heavy (non-hydrogen) atoms. The Bertz CT molecular complexity index is 793. The molecule has 1 atom stereocenters. The first-order valence-corrected chi connectivity index (χ1v) is 8.61. The second kappa shape index (κ2) is 9.68. The third-order valence-electron chi connectivity index (χ3n) is 3.93. The number of rotatable bonds is 8. The lowest BCUT2D eigenvalue weighted by molar-refractivity contribution is -0.118. The monoisotopic (exact) mass is 392 g/mol. The van der Waals surface area contributed by atoms with Crippen LogP contribution in [0.2, 0.25) is 0 Å². The minimum Gasteiger partial charge on any atom is -0.497 e. The van der Waals surface area contributed by atoms with E-state index in [-0.39, 0.29) is 11.7 Å². The smallest absolute Gasteiger partial charge is 0.387 e. The van der Waals surface area contributed by atoms with Crippen molar-refractivity contribution < 1.29 is 27.8 Å². The van der Waals surface area contributed by atoms with Gasteiger partial charge >= 0.3 is 6.61 Å². The number of benzene rings is 2. The number of nitrogens with one attached hydrogen (secondary N) is 2. The lowest BCUT2D eigenvalue weighted by Gasteiger charge is -2.22. The zero-order valence-electron chi connectivity index (χ0n) is 15.7. The molecule has 0 radical (unpaired) electrons. The molecule has 0 aliphatic carbocycles. The lowest BCUT2D eigenvalue weighted by atomic mass is 10.0. The second-order valence-electron chi connectivity index (χ2n) is 6.32. The van der Waals surface area contributed by atoms with Crippen LogP contribution in [-0.4, -0.2) is 31.6 Å². The van der Waals surface area contributed by atoms with E-state index in [0.29, 0.717) is 17.0 Å². The van der Waals surface area contributed by atoms with Gasteiger partial charge in [-0.25, -0.2) is 0 Å². The third kappa shape index (κ3) is 5.94. The Hall–Kier alpha value is -3.16. The van der Waals surface area contributed by atoms with Gasteiger partial charge in [0.05, 0.1) is 7.11 Å². The highest BCUT2D eigenvalue weighted by Crippen LogP contribution is 2.18. The molecule has 2 amide bonds. The Labute approximate surface area is 161 Å². The molecular formula is C20H22F2N2O4. The Morgan fingerprint density at radius 3 is 2.00 bits per heavy atom. The second-order valence-corrected chi connectivity index (χ2v) is 6.32. The van der Waals surface area contributed by atoms with Crippen molar-refractivity contribution in [2.24, 2.45) is 5.92 Å². The highest BCUT2D eigenvalue weighted by molar-refractivity contribution is 6.01. The molecular weight excluding hydrogens is 370 g/mol. The fourth-order valence-corrected chi connectivity index (χ4v) is 2.44. The number of alkyl halides is 2. The summed E-state index contributed by atoms with van der Waals surface area (Å²) in [6.45, 7) is 0.690. The number of hydrogen-bond acceptors (Lipinski definition) is 4. The molecule has 2 rings (SSSR count). The van der Waals surface area contributed by atoms with Gasteiger partial charge in [-0.15, -0.1) is 0 Å². The van der Waals surface area contributed by atoms with E-state index in [1.165, 1.54) is 31.4 Å². The van der Waals surface area contributed by atoms with Crippen LogP contribution in [0.5, 0.6) is 11.5 Å². The van der Waals surface area contributed by atoms with Crippen LogP contribution in [-0.2, 0) is 4.79 Å². The van der Waals surface area contributed by atoms with Gasteiger partial charge < -0.3 is 20.1 Å². The number of methoxy groups -OCH3 is 1. The van der Waals surface area contributed by atoms with Gasteiger partial charge in [-0.05, 0) is 54.4 Å². The van der Waals surface area contributed by atoms with Crippen LogP contribution in [0, 0.1) is 5.92 Å². The molecule has 0 aliphatic heterocycles. The quantitative estimate of drug-likeness (QED) is 0.718. The summed E-state index contributed by atoms with van der Waals surface area (Å²) < 4.78 is 33.7. The van der Waals surface area contributed by atoms with E-state index in [1.54, 1.807) is 38.1 Å². The van der Waals surface area contributed by atoms with Crippen molar-refractivity contribution in [1.82, 2.24) is 5.32 Å². The van der Waals surface area contributed by atoms with Gasteiger partial charge in [-0.1, -0.05) is 13.8 Å². The van der Waals surface area contributed by atoms with Crippen LogP contribution >= 0.6 is 0 Å². The molecule has 150 valence electrons. The average molecular weight is 392 g/mol. The molecule has 8 heteroatoms. The van der Waals surface area contributed by atoms with Crippen molar-refractivity contribution in [3.05, 3.63) is 54.1 Å². The summed E-state index contributed by atoms with van der Waals surface area (Å²) in [5.41, 5.74) is 0.795. The van der Waals surface area contributed by atoms with E-state index >= 15 is 0 Å². The maximum Gasteiger partial charge on any atom is 0.387 e. The summed E-state index contributed by atoms with van der Waals surface area (Å²) in [6.07, 6.45) is 0. The van der Waals surface area contributed by atoms with Crippen molar-refractivity contribution in [3.8, 4) is 11.5 Å². The normalized spacial score (nSPS) is 11.8. The van der Waals surface area contributed by atoms with Crippen molar-refractivity contribution in [1.29, 1.82) is 0 Å². The maximum absolute atomic E-state index is 12.6. The first kappa shape index (κ1) is 21.1. The van der Waals surface area contributed by atoms with E-state index in [0.717, 1.165) is 0 Å². The maximum atomic E-state index is 12.6. The Morgan fingerprint density at radius 1 is 0.929 bits per heavy atom. The van der Waals surface area contributed by atoms with Crippen LogP contribution in [0.25, 0.3) is 0 Å². The van der Waals surface area contributed by atoms with Crippen LogP contribution in [0.15, 0.2) is 48.5 Å². The first-order valence-electron chi connectivity index (χ1n) is 8.61. The van der Waals surface area contributed by atoms with Gasteiger partial charge in [0.15, 0.2) is 0 Å². The van der Waals surface area contributed by atoms with E-state index in [9.17, 15) is 18.4 Å². The summed E-state index contributed by atoms with van der Waals surface area (Å²) >= 11 is 0. The van der Waals surface area contributed by atoms with E-state index < -0.39 is 24.5 Å². The van der Waals surface area contributed by atoms with E-state index in [4.69, 9.17) is 4.74 Å². The predicted molar refractivity (Wildman–Crippen MR) is 101 cm³/mol. The molecule has 6 nitrogen and oxygen atoms in total. The van der Waals surface area contributed by atoms with Gasteiger partial charge in [-0.2, -0.15) is 8.78 Å². The van der Waals surface area contributed by atoms with Crippen molar-refractivity contribution in [3.63, 3.8) is 0 Å². The highest BCUT2D eigenvalue weighted by Gasteiger charge is 2.25. The minimum atomic E-state index is -2.92. The summed E-state index contributed by atoms with van der Waals surface area (Å²) in [4.78, 5) is 25.0. The molecule has 0 heterocycles. The van der Waals surface area contributed by atoms with Crippen LogP contribution in [0.4, 0.5) is 14.5 Å². The first-order chi connectivity index (χ1) is 13.3. The molecule has 0 bridgehead atoms.